The fourth-order valence-electron chi connectivity index (χ4n) is 1.46. The molecule has 1 rings (SSSR count). The Morgan fingerprint density at radius 3 is 2.89 bits per heavy atom. The topological polar surface area (TPSA) is 75.3 Å². The van der Waals surface area contributed by atoms with E-state index in [1.165, 1.54) is 0 Å². The number of aryl methyl sites for hydroxylation is 1. The van der Waals surface area contributed by atoms with Crippen molar-refractivity contribution < 1.29 is 9.90 Å². The predicted octanol–water partition coefficient (Wildman–Crippen LogP) is 2.02. The molecule has 0 aromatic heterocycles. The highest BCUT2D eigenvalue weighted by atomic mass is 32.2. The van der Waals surface area contributed by atoms with Gasteiger partial charge in [0.2, 0.25) is 5.91 Å². The monoisotopic (exact) mass is 268 g/mol. The van der Waals surface area contributed by atoms with Crippen LogP contribution in [0.2, 0.25) is 0 Å². The van der Waals surface area contributed by atoms with Crippen LogP contribution < -0.4 is 11.1 Å². The number of aliphatic hydroxyl groups excluding tert-OH is 1. The van der Waals surface area contributed by atoms with Crippen molar-refractivity contribution >= 4 is 29.0 Å². The molecule has 4 N–H and O–H groups in total. The average Bonchev–Trinajstić information content (AvgIpc) is 2.32. The molecular formula is C13H20N2O2S. The number of aliphatic hydroxyl groups is 1. The molecule has 0 aliphatic rings. The molecule has 5 heteroatoms. The summed E-state index contributed by atoms with van der Waals surface area (Å²) in [6.45, 7) is 3.94. The Balaban J connectivity index is 2.53. The molecule has 1 aromatic carbocycles. The lowest BCUT2D eigenvalue weighted by Crippen LogP contribution is -2.23. The lowest BCUT2D eigenvalue weighted by molar-refractivity contribution is -0.115. The first kappa shape index (κ1) is 14.9. The van der Waals surface area contributed by atoms with E-state index >= 15 is 0 Å². The molecule has 0 spiro atoms. The van der Waals surface area contributed by atoms with Gasteiger partial charge in [0, 0.05) is 18.0 Å². The van der Waals surface area contributed by atoms with Crippen molar-refractivity contribution in [3.8, 4) is 0 Å². The number of thioether (sulfide) groups is 1. The Kier molecular flexibility index (Phi) is 6.01. The van der Waals surface area contributed by atoms with Crippen LogP contribution in [0.3, 0.4) is 0 Å². The van der Waals surface area contributed by atoms with Crippen LogP contribution in [0, 0.1) is 6.92 Å². The van der Waals surface area contributed by atoms with Crippen molar-refractivity contribution in [2.75, 3.05) is 23.4 Å². The molecule has 18 heavy (non-hydrogen) atoms. The van der Waals surface area contributed by atoms with Gasteiger partial charge in [-0.15, -0.1) is 11.8 Å². The van der Waals surface area contributed by atoms with Crippen LogP contribution in [0.15, 0.2) is 18.2 Å². The number of nitrogens with one attached hydrogen (secondary N) is 1. The number of carbonyl (C=O) groups excluding carboxylic acids is 1. The third-order valence-corrected chi connectivity index (χ3v) is 3.79. The van der Waals surface area contributed by atoms with Gasteiger partial charge in [0.25, 0.3) is 0 Å². The first-order valence-corrected chi connectivity index (χ1v) is 6.99. The third kappa shape index (κ3) is 4.58. The largest absolute Gasteiger partial charge is 0.399 e. The zero-order valence-electron chi connectivity index (χ0n) is 10.8. The van der Waals surface area contributed by atoms with Crippen LogP contribution in [0.5, 0.6) is 0 Å². The summed E-state index contributed by atoms with van der Waals surface area (Å²) in [6, 6.07) is 5.42. The molecule has 1 unspecified atom stereocenters. The van der Waals surface area contributed by atoms with E-state index in [0.717, 1.165) is 17.0 Å². The average molecular weight is 268 g/mol. The molecule has 0 saturated carbocycles. The second kappa shape index (κ2) is 7.28. The summed E-state index contributed by atoms with van der Waals surface area (Å²) in [4.78, 5) is 11.9. The van der Waals surface area contributed by atoms with E-state index in [2.05, 4.69) is 5.32 Å². The van der Waals surface area contributed by atoms with Crippen LogP contribution in [0.4, 0.5) is 11.4 Å². The molecule has 100 valence electrons. The summed E-state index contributed by atoms with van der Waals surface area (Å²) in [5, 5.41) is 11.4. The van der Waals surface area contributed by atoms with Crippen molar-refractivity contribution in [2.24, 2.45) is 0 Å². The number of hydrogen-bond donors (Lipinski definition) is 3. The van der Waals surface area contributed by atoms with E-state index in [0.29, 0.717) is 12.1 Å². The SMILES string of the molecule is Cc1cc(N)ccc1NC(=O)C(C)SCCCO. The van der Waals surface area contributed by atoms with E-state index in [9.17, 15) is 4.79 Å². The maximum Gasteiger partial charge on any atom is 0.237 e. The Bertz CT molecular complexity index is 410. The quantitative estimate of drug-likeness (QED) is 0.545. The van der Waals surface area contributed by atoms with E-state index in [1.807, 2.05) is 26.0 Å². The normalized spacial score (nSPS) is 12.2. The van der Waals surface area contributed by atoms with Gasteiger partial charge in [-0.05, 0) is 49.8 Å². The molecule has 0 fully saturated rings. The molecule has 4 nitrogen and oxygen atoms in total. The maximum absolute atomic E-state index is 11.9. The third-order valence-electron chi connectivity index (χ3n) is 2.55. The molecular weight excluding hydrogens is 248 g/mol. The summed E-state index contributed by atoms with van der Waals surface area (Å²) in [5.74, 6) is 0.761. The van der Waals surface area contributed by atoms with Gasteiger partial charge in [-0.2, -0.15) is 0 Å². The first-order chi connectivity index (χ1) is 8.54. The Labute approximate surface area is 112 Å². The van der Waals surface area contributed by atoms with Crippen LogP contribution in [-0.4, -0.2) is 28.6 Å². The fraction of sp³-hybridized carbons (Fsp3) is 0.462. The summed E-state index contributed by atoms with van der Waals surface area (Å²) >= 11 is 1.54. The van der Waals surface area contributed by atoms with Crippen LogP contribution in [0.1, 0.15) is 18.9 Å². The highest BCUT2D eigenvalue weighted by Crippen LogP contribution is 2.20. The molecule has 0 aliphatic carbocycles. The van der Waals surface area contributed by atoms with Gasteiger partial charge < -0.3 is 16.2 Å². The fourth-order valence-corrected chi connectivity index (χ4v) is 2.32. The Morgan fingerprint density at radius 2 is 2.28 bits per heavy atom. The predicted molar refractivity (Wildman–Crippen MR) is 77.8 cm³/mol. The summed E-state index contributed by atoms with van der Waals surface area (Å²) < 4.78 is 0. The molecule has 1 aromatic rings. The van der Waals surface area contributed by atoms with Crippen molar-refractivity contribution in [1.29, 1.82) is 0 Å². The number of carbonyl (C=O) groups is 1. The Morgan fingerprint density at radius 1 is 1.56 bits per heavy atom. The van der Waals surface area contributed by atoms with Crippen molar-refractivity contribution in [3.63, 3.8) is 0 Å². The zero-order chi connectivity index (χ0) is 13.5. The number of amides is 1. The Hall–Kier alpha value is -1.20. The second-order valence-corrected chi connectivity index (χ2v) is 5.60. The molecule has 1 amide bonds. The molecule has 0 saturated heterocycles. The number of nitrogens with two attached hydrogens (primary N) is 1. The number of nitrogen functional groups attached to an aromatic ring is 1. The number of benzene rings is 1. The summed E-state index contributed by atoms with van der Waals surface area (Å²) in [7, 11) is 0. The van der Waals surface area contributed by atoms with E-state index in [1.54, 1.807) is 17.8 Å². The minimum Gasteiger partial charge on any atom is -0.399 e. The molecule has 0 bridgehead atoms. The van der Waals surface area contributed by atoms with Crippen LogP contribution in [0.25, 0.3) is 0 Å². The smallest absolute Gasteiger partial charge is 0.237 e. The lowest BCUT2D eigenvalue weighted by Gasteiger charge is -2.13. The standard InChI is InChI=1S/C13H20N2O2S/c1-9-8-11(14)4-5-12(9)15-13(17)10(2)18-7-3-6-16/h4-5,8,10,16H,3,6-7,14H2,1-2H3,(H,15,17). The number of rotatable bonds is 6. The van der Waals surface area contributed by atoms with Gasteiger partial charge >= 0.3 is 0 Å². The van der Waals surface area contributed by atoms with Crippen molar-refractivity contribution in [1.82, 2.24) is 0 Å². The molecule has 1 atom stereocenters. The summed E-state index contributed by atoms with van der Waals surface area (Å²) in [6.07, 6.45) is 0.711. The maximum atomic E-state index is 11.9. The van der Waals surface area contributed by atoms with Gasteiger partial charge in [0.1, 0.15) is 0 Å². The minimum absolute atomic E-state index is 0.0224. The van der Waals surface area contributed by atoms with Crippen molar-refractivity contribution in [2.45, 2.75) is 25.5 Å². The van der Waals surface area contributed by atoms with Gasteiger partial charge in [-0.3, -0.25) is 4.79 Å². The van der Waals surface area contributed by atoms with E-state index in [4.69, 9.17) is 10.8 Å². The zero-order valence-corrected chi connectivity index (χ0v) is 11.6. The number of hydrogen-bond acceptors (Lipinski definition) is 4. The van der Waals surface area contributed by atoms with Gasteiger partial charge in [0.15, 0.2) is 0 Å². The molecule has 0 aliphatic heterocycles. The number of anilines is 2. The summed E-state index contributed by atoms with van der Waals surface area (Å²) in [5.41, 5.74) is 8.10. The van der Waals surface area contributed by atoms with Gasteiger partial charge in [-0.25, -0.2) is 0 Å². The molecule has 0 radical (unpaired) electrons. The van der Waals surface area contributed by atoms with Crippen molar-refractivity contribution in [3.05, 3.63) is 23.8 Å². The minimum atomic E-state index is -0.131. The van der Waals surface area contributed by atoms with Gasteiger partial charge in [0.05, 0.1) is 5.25 Å². The first-order valence-electron chi connectivity index (χ1n) is 5.94. The molecule has 0 heterocycles. The second-order valence-electron chi connectivity index (χ2n) is 4.15. The van der Waals surface area contributed by atoms with Gasteiger partial charge in [-0.1, -0.05) is 0 Å². The highest BCUT2D eigenvalue weighted by Gasteiger charge is 2.13. The van der Waals surface area contributed by atoms with Crippen LogP contribution in [-0.2, 0) is 4.79 Å². The van der Waals surface area contributed by atoms with Crippen LogP contribution >= 0.6 is 11.8 Å². The van der Waals surface area contributed by atoms with E-state index < -0.39 is 0 Å². The van der Waals surface area contributed by atoms with E-state index in [-0.39, 0.29) is 17.8 Å². The highest BCUT2D eigenvalue weighted by molar-refractivity contribution is 8.00. The lowest BCUT2D eigenvalue weighted by atomic mass is 10.2.